The van der Waals surface area contributed by atoms with Crippen molar-refractivity contribution in [3.63, 3.8) is 0 Å². The number of hydrogen-bond donors (Lipinski definition) is 1. The van der Waals surface area contributed by atoms with Gasteiger partial charge in [0.25, 0.3) is 0 Å². The average Bonchev–Trinajstić information content (AvgIpc) is 2.62. The second kappa shape index (κ2) is 6.73. The lowest BCUT2D eigenvalue weighted by molar-refractivity contribution is -0.123. The Labute approximate surface area is 141 Å². The van der Waals surface area contributed by atoms with Crippen LogP contribution in [0.1, 0.15) is 19.3 Å². The predicted octanol–water partition coefficient (Wildman–Crippen LogP) is 1.42. The molecule has 1 amide bonds. The van der Waals surface area contributed by atoms with E-state index in [2.05, 4.69) is 43.3 Å². The van der Waals surface area contributed by atoms with E-state index in [1.165, 1.54) is 5.69 Å². The van der Waals surface area contributed by atoms with Gasteiger partial charge in [0.2, 0.25) is 5.91 Å². The normalized spacial score (nSPS) is 22.6. The molecule has 2 aromatic rings. The third-order valence-electron chi connectivity index (χ3n) is 5.03. The number of nitrogens with one attached hydrogen (secondary N) is 1. The summed E-state index contributed by atoms with van der Waals surface area (Å²) in [6.45, 7) is 5.08. The van der Waals surface area contributed by atoms with Crippen LogP contribution in [-0.4, -0.2) is 59.5 Å². The number of carbonyl (C=O) groups is 1. The van der Waals surface area contributed by atoms with Gasteiger partial charge in [-0.2, -0.15) is 0 Å². The fraction of sp³-hybridized carbons (Fsp3) is 0.500. The third-order valence-corrected chi connectivity index (χ3v) is 5.03. The zero-order chi connectivity index (χ0) is 16.4. The van der Waals surface area contributed by atoms with E-state index in [-0.39, 0.29) is 5.91 Å². The van der Waals surface area contributed by atoms with E-state index < -0.39 is 0 Å². The highest BCUT2D eigenvalue weighted by Crippen LogP contribution is 2.21. The van der Waals surface area contributed by atoms with Crippen molar-refractivity contribution in [1.29, 1.82) is 0 Å². The minimum Gasteiger partial charge on any atom is -0.369 e. The van der Waals surface area contributed by atoms with E-state index in [4.69, 9.17) is 0 Å². The van der Waals surface area contributed by atoms with E-state index in [0.717, 1.165) is 56.5 Å². The molecule has 0 radical (unpaired) electrons. The Balaban J connectivity index is 1.35. The van der Waals surface area contributed by atoms with Crippen LogP contribution in [0.4, 0.5) is 5.69 Å². The summed E-state index contributed by atoms with van der Waals surface area (Å²) in [6, 6.07) is 6.71. The van der Waals surface area contributed by atoms with Crippen molar-refractivity contribution in [3.05, 3.63) is 30.7 Å². The fourth-order valence-electron chi connectivity index (χ4n) is 3.69. The molecule has 1 unspecified atom stereocenters. The lowest BCUT2D eigenvalue weighted by atomic mass is 10.0. The number of benzene rings is 1. The number of fused-ring (bicyclic) bond motifs is 1. The maximum absolute atomic E-state index is 11.5. The number of carbonyl (C=O) groups excluding carboxylic acids is 1. The number of piperazine rings is 1. The molecule has 1 aromatic carbocycles. The first-order valence-corrected chi connectivity index (χ1v) is 8.74. The van der Waals surface area contributed by atoms with Gasteiger partial charge < -0.3 is 10.2 Å². The highest BCUT2D eigenvalue weighted by atomic mass is 16.1. The number of aromatic nitrogens is 2. The number of hydrogen-bond acceptors (Lipinski definition) is 5. The van der Waals surface area contributed by atoms with Gasteiger partial charge in [0, 0.05) is 62.5 Å². The third kappa shape index (κ3) is 3.33. The molecule has 0 saturated carbocycles. The molecule has 0 spiro atoms. The first-order chi connectivity index (χ1) is 11.8. The van der Waals surface area contributed by atoms with Crippen LogP contribution >= 0.6 is 0 Å². The van der Waals surface area contributed by atoms with Crippen LogP contribution in [0.15, 0.2) is 30.7 Å². The minimum absolute atomic E-state index is 0.211. The van der Waals surface area contributed by atoms with Gasteiger partial charge in [-0.1, -0.05) is 0 Å². The number of rotatable bonds is 3. The first-order valence-electron chi connectivity index (χ1n) is 8.74. The summed E-state index contributed by atoms with van der Waals surface area (Å²) in [4.78, 5) is 24.8. The second-order valence-corrected chi connectivity index (χ2v) is 6.71. The van der Waals surface area contributed by atoms with Crippen LogP contribution in [0.25, 0.3) is 10.9 Å². The highest BCUT2D eigenvalue weighted by molar-refractivity contribution is 5.81. The van der Waals surface area contributed by atoms with Gasteiger partial charge in [-0.25, -0.2) is 9.97 Å². The molecular weight excluding hydrogens is 302 g/mol. The van der Waals surface area contributed by atoms with E-state index in [1.807, 2.05) is 6.20 Å². The Morgan fingerprint density at radius 1 is 1.21 bits per heavy atom. The van der Waals surface area contributed by atoms with Crippen molar-refractivity contribution < 1.29 is 4.79 Å². The van der Waals surface area contributed by atoms with Crippen LogP contribution in [0, 0.1) is 0 Å². The maximum Gasteiger partial charge on any atom is 0.220 e. The van der Waals surface area contributed by atoms with Crippen molar-refractivity contribution >= 4 is 22.5 Å². The van der Waals surface area contributed by atoms with Gasteiger partial charge in [-0.3, -0.25) is 9.69 Å². The summed E-state index contributed by atoms with van der Waals surface area (Å²) in [5.74, 6) is 0.211. The number of amides is 1. The van der Waals surface area contributed by atoms with Crippen LogP contribution in [0.5, 0.6) is 0 Å². The maximum atomic E-state index is 11.5. The van der Waals surface area contributed by atoms with Gasteiger partial charge in [0.15, 0.2) is 0 Å². The smallest absolute Gasteiger partial charge is 0.220 e. The molecule has 24 heavy (non-hydrogen) atoms. The molecule has 2 fully saturated rings. The predicted molar refractivity (Wildman–Crippen MR) is 94.0 cm³/mol. The second-order valence-electron chi connectivity index (χ2n) is 6.71. The summed E-state index contributed by atoms with van der Waals surface area (Å²) in [5, 5.41) is 4.20. The molecule has 0 aliphatic carbocycles. The molecule has 2 aliphatic rings. The molecule has 2 saturated heterocycles. The van der Waals surface area contributed by atoms with Crippen LogP contribution in [-0.2, 0) is 4.79 Å². The molecule has 3 heterocycles. The van der Waals surface area contributed by atoms with E-state index >= 15 is 0 Å². The lowest BCUT2D eigenvalue weighted by Gasteiger charge is -2.38. The van der Waals surface area contributed by atoms with Crippen LogP contribution < -0.4 is 10.2 Å². The van der Waals surface area contributed by atoms with E-state index in [1.54, 1.807) is 6.33 Å². The van der Waals surface area contributed by atoms with Crippen LogP contribution in [0.2, 0.25) is 0 Å². The van der Waals surface area contributed by atoms with Gasteiger partial charge >= 0.3 is 0 Å². The van der Waals surface area contributed by atoms with Gasteiger partial charge in [0.05, 0.1) is 5.52 Å². The first kappa shape index (κ1) is 15.3. The molecule has 6 heteroatoms. The number of piperidine rings is 1. The van der Waals surface area contributed by atoms with Crippen molar-refractivity contribution in [2.45, 2.75) is 25.3 Å². The number of anilines is 1. The molecular formula is C18H23N5O. The van der Waals surface area contributed by atoms with Crippen LogP contribution in [0.3, 0.4) is 0 Å². The summed E-state index contributed by atoms with van der Waals surface area (Å²) in [6.07, 6.45) is 6.28. The van der Waals surface area contributed by atoms with Crippen molar-refractivity contribution in [2.24, 2.45) is 0 Å². The summed E-state index contributed by atoms with van der Waals surface area (Å²) in [5.41, 5.74) is 2.23. The Morgan fingerprint density at radius 3 is 2.92 bits per heavy atom. The lowest BCUT2D eigenvalue weighted by Crippen LogP contribution is -2.52. The zero-order valence-corrected chi connectivity index (χ0v) is 13.8. The summed E-state index contributed by atoms with van der Waals surface area (Å²) >= 11 is 0. The Kier molecular flexibility index (Phi) is 4.30. The molecule has 126 valence electrons. The monoisotopic (exact) mass is 325 g/mol. The van der Waals surface area contributed by atoms with E-state index in [9.17, 15) is 4.79 Å². The van der Waals surface area contributed by atoms with E-state index in [0.29, 0.717) is 12.5 Å². The van der Waals surface area contributed by atoms with Crippen molar-refractivity contribution in [2.75, 3.05) is 37.6 Å². The van der Waals surface area contributed by atoms with Crippen molar-refractivity contribution in [3.8, 4) is 0 Å². The largest absolute Gasteiger partial charge is 0.369 e. The fourth-order valence-corrected chi connectivity index (χ4v) is 3.69. The molecule has 4 rings (SSSR count). The summed E-state index contributed by atoms with van der Waals surface area (Å²) in [7, 11) is 0. The molecule has 1 aromatic heterocycles. The minimum atomic E-state index is 0.211. The van der Waals surface area contributed by atoms with Gasteiger partial charge in [-0.05, 0) is 31.0 Å². The molecule has 1 N–H and O–H groups in total. The van der Waals surface area contributed by atoms with Gasteiger partial charge in [0.1, 0.15) is 6.33 Å². The Morgan fingerprint density at radius 2 is 2.08 bits per heavy atom. The highest BCUT2D eigenvalue weighted by Gasteiger charge is 2.23. The zero-order valence-electron chi connectivity index (χ0n) is 13.8. The molecule has 1 atom stereocenters. The Hall–Kier alpha value is -2.21. The molecule has 0 bridgehead atoms. The SMILES string of the molecule is O=C1CCCC(CN2CCN(c3ccc4ncncc4c3)CC2)N1. The van der Waals surface area contributed by atoms with Crippen molar-refractivity contribution in [1.82, 2.24) is 20.2 Å². The topological polar surface area (TPSA) is 61.4 Å². The summed E-state index contributed by atoms with van der Waals surface area (Å²) < 4.78 is 0. The Bertz CT molecular complexity index is 726. The molecule has 6 nitrogen and oxygen atoms in total. The molecule has 2 aliphatic heterocycles. The average molecular weight is 325 g/mol. The van der Waals surface area contributed by atoms with Gasteiger partial charge in [-0.15, -0.1) is 0 Å². The number of nitrogens with zero attached hydrogens (tertiary/aromatic N) is 4. The standard InChI is InChI=1S/C18H23N5O/c24-18-3-1-2-15(21-18)12-22-6-8-23(9-7-22)16-4-5-17-14(10-16)11-19-13-20-17/h4-5,10-11,13,15H,1-3,6-9,12H2,(H,21,24). The quantitative estimate of drug-likeness (QED) is 0.925.